The molecule has 2 heterocycles. The predicted molar refractivity (Wildman–Crippen MR) is 113 cm³/mol. The van der Waals surface area contributed by atoms with Crippen LogP contribution in [0.5, 0.6) is 0 Å². The Morgan fingerprint density at radius 2 is 1.90 bits per heavy atom. The first kappa shape index (κ1) is 20.6. The Balaban J connectivity index is 1.51. The molecule has 0 saturated carbocycles. The number of likely N-dealkylation sites (tertiary alicyclic amines) is 1. The SMILES string of the molecule is CCOC(=O)N1CCC(Nc2ccc(NC(=O)c3ccc(C)c(C)c3)nc2)CC1. The van der Waals surface area contributed by atoms with E-state index in [1.165, 1.54) is 0 Å². The molecule has 29 heavy (non-hydrogen) atoms. The average Bonchev–Trinajstić information content (AvgIpc) is 2.72. The van der Waals surface area contributed by atoms with Crippen LogP contribution in [-0.4, -0.2) is 47.6 Å². The summed E-state index contributed by atoms with van der Waals surface area (Å²) >= 11 is 0. The minimum atomic E-state index is -0.239. The Hall–Kier alpha value is -3.09. The third-order valence-corrected chi connectivity index (χ3v) is 5.17. The van der Waals surface area contributed by atoms with Crippen molar-refractivity contribution in [3.8, 4) is 0 Å². The highest BCUT2D eigenvalue weighted by molar-refractivity contribution is 6.03. The van der Waals surface area contributed by atoms with Crippen LogP contribution in [0.1, 0.15) is 41.3 Å². The summed E-state index contributed by atoms with van der Waals surface area (Å²) in [6.07, 6.45) is 3.18. The fraction of sp³-hybridized carbons (Fsp3) is 0.409. The lowest BCUT2D eigenvalue weighted by molar-refractivity contribution is 0.0981. The normalized spacial score (nSPS) is 14.4. The Bertz CT molecular complexity index is 859. The van der Waals surface area contributed by atoms with Gasteiger partial charge in [0.1, 0.15) is 5.82 Å². The highest BCUT2D eigenvalue weighted by atomic mass is 16.6. The van der Waals surface area contributed by atoms with E-state index in [4.69, 9.17) is 4.74 Å². The summed E-state index contributed by atoms with van der Waals surface area (Å²) in [6, 6.07) is 9.60. The monoisotopic (exact) mass is 396 g/mol. The highest BCUT2D eigenvalue weighted by Gasteiger charge is 2.23. The Morgan fingerprint density at radius 1 is 1.14 bits per heavy atom. The molecular formula is C22H28N4O3. The molecule has 1 aliphatic rings. The summed E-state index contributed by atoms with van der Waals surface area (Å²) in [4.78, 5) is 30.2. The molecule has 1 aliphatic heterocycles. The Kier molecular flexibility index (Phi) is 6.69. The minimum Gasteiger partial charge on any atom is -0.450 e. The highest BCUT2D eigenvalue weighted by Crippen LogP contribution is 2.18. The van der Waals surface area contributed by atoms with Gasteiger partial charge in [0, 0.05) is 24.7 Å². The number of ether oxygens (including phenoxy) is 1. The van der Waals surface area contributed by atoms with Crippen LogP contribution in [0.2, 0.25) is 0 Å². The second-order valence-electron chi connectivity index (χ2n) is 7.29. The van der Waals surface area contributed by atoms with Gasteiger partial charge in [0.15, 0.2) is 0 Å². The van der Waals surface area contributed by atoms with Gasteiger partial charge >= 0.3 is 6.09 Å². The molecule has 1 aromatic carbocycles. The molecule has 0 bridgehead atoms. The summed E-state index contributed by atoms with van der Waals surface area (Å²) in [5.41, 5.74) is 3.75. The first-order chi connectivity index (χ1) is 14.0. The van der Waals surface area contributed by atoms with Gasteiger partial charge in [0.25, 0.3) is 5.91 Å². The number of anilines is 2. The number of aryl methyl sites for hydroxylation is 2. The molecule has 3 rings (SSSR count). The molecule has 0 radical (unpaired) electrons. The van der Waals surface area contributed by atoms with Crippen molar-refractivity contribution in [3.63, 3.8) is 0 Å². The number of aromatic nitrogens is 1. The number of carbonyl (C=O) groups is 2. The topological polar surface area (TPSA) is 83.6 Å². The van der Waals surface area contributed by atoms with Crippen molar-refractivity contribution in [2.45, 2.75) is 39.7 Å². The Morgan fingerprint density at radius 3 is 2.52 bits per heavy atom. The van der Waals surface area contributed by atoms with Gasteiger partial charge in [-0.3, -0.25) is 4.79 Å². The average molecular weight is 396 g/mol. The van der Waals surface area contributed by atoms with Crippen LogP contribution in [0.4, 0.5) is 16.3 Å². The van der Waals surface area contributed by atoms with E-state index in [-0.39, 0.29) is 18.0 Å². The lowest BCUT2D eigenvalue weighted by atomic mass is 10.1. The zero-order chi connectivity index (χ0) is 20.8. The van der Waals surface area contributed by atoms with Crippen molar-refractivity contribution < 1.29 is 14.3 Å². The smallest absolute Gasteiger partial charge is 0.409 e. The van der Waals surface area contributed by atoms with E-state index in [0.29, 0.717) is 31.1 Å². The van der Waals surface area contributed by atoms with Gasteiger partial charge in [-0.05, 0) is 69.0 Å². The summed E-state index contributed by atoms with van der Waals surface area (Å²) in [5, 5.41) is 6.27. The van der Waals surface area contributed by atoms with Crippen LogP contribution >= 0.6 is 0 Å². The third kappa shape index (κ3) is 5.47. The van der Waals surface area contributed by atoms with Gasteiger partial charge in [-0.25, -0.2) is 9.78 Å². The zero-order valence-corrected chi connectivity index (χ0v) is 17.2. The van der Waals surface area contributed by atoms with Crippen LogP contribution in [-0.2, 0) is 4.74 Å². The molecule has 1 fully saturated rings. The lowest BCUT2D eigenvalue weighted by Crippen LogP contribution is -2.42. The number of piperidine rings is 1. The van der Waals surface area contributed by atoms with Gasteiger partial charge in [-0.2, -0.15) is 0 Å². The van der Waals surface area contributed by atoms with Gasteiger partial charge < -0.3 is 20.3 Å². The van der Waals surface area contributed by atoms with Crippen LogP contribution in [0.15, 0.2) is 36.5 Å². The van der Waals surface area contributed by atoms with Crippen molar-refractivity contribution in [2.24, 2.45) is 0 Å². The molecule has 2 N–H and O–H groups in total. The molecule has 1 aromatic heterocycles. The van der Waals surface area contributed by atoms with Gasteiger partial charge in [-0.15, -0.1) is 0 Å². The third-order valence-electron chi connectivity index (χ3n) is 5.17. The molecule has 7 heteroatoms. The number of benzene rings is 1. The number of amides is 2. The minimum absolute atomic E-state index is 0.173. The lowest BCUT2D eigenvalue weighted by Gasteiger charge is -2.32. The fourth-order valence-corrected chi connectivity index (χ4v) is 3.28. The number of hydrogen-bond acceptors (Lipinski definition) is 5. The summed E-state index contributed by atoms with van der Waals surface area (Å²) in [7, 11) is 0. The van der Waals surface area contributed by atoms with Crippen LogP contribution in [0, 0.1) is 13.8 Å². The van der Waals surface area contributed by atoms with Crippen LogP contribution < -0.4 is 10.6 Å². The number of rotatable bonds is 5. The number of nitrogens with one attached hydrogen (secondary N) is 2. The molecule has 154 valence electrons. The maximum atomic E-state index is 12.4. The molecular weight excluding hydrogens is 368 g/mol. The summed E-state index contributed by atoms with van der Waals surface area (Å²) < 4.78 is 5.05. The first-order valence-electron chi connectivity index (χ1n) is 9.99. The molecule has 2 aromatic rings. The van der Waals surface area contributed by atoms with E-state index in [1.807, 2.05) is 45.0 Å². The quantitative estimate of drug-likeness (QED) is 0.799. The van der Waals surface area contributed by atoms with E-state index in [0.717, 1.165) is 29.7 Å². The van der Waals surface area contributed by atoms with Crippen molar-refractivity contribution in [3.05, 3.63) is 53.2 Å². The van der Waals surface area contributed by atoms with E-state index >= 15 is 0 Å². The van der Waals surface area contributed by atoms with Gasteiger partial charge in [-0.1, -0.05) is 6.07 Å². The molecule has 0 aliphatic carbocycles. The number of hydrogen-bond donors (Lipinski definition) is 2. The second-order valence-corrected chi connectivity index (χ2v) is 7.29. The van der Waals surface area contributed by atoms with Crippen molar-refractivity contribution in [1.82, 2.24) is 9.88 Å². The summed E-state index contributed by atoms with van der Waals surface area (Å²) in [6.45, 7) is 7.57. The van der Waals surface area contributed by atoms with Crippen molar-refractivity contribution >= 4 is 23.5 Å². The fourth-order valence-electron chi connectivity index (χ4n) is 3.28. The van der Waals surface area contributed by atoms with E-state index < -0.39 is 0 Å². The van der Waals surface area contributed by atoms with Crippen molar-refractivity contribution in [1.29, 1.82) is 0 Å². The van der Waals surface area contributed by atoms with E-state index in [9.17, 15) is 9.59 Å². The van der Waals surface area contributed by atoms with Crippen molar-refractivity contribution in [2.75, 3.05) is 30.3 Å². The van der Waals surface area contributed by atoms with Gasteiger partial charge in [0.05, 0.1) is 18.5 Å². The largest absolute Gasteiger partial charge is 0.450 e. The van der Waals surface area contributed by atoms with E-state index in [2.05, 4.69) is 15.6 Å². The van der Waals surface area contributed by atoms with Gasteiger partial charge in [0.2, 0.25) is 0 Å². The maximum absolute atomic E-state index is 12.4. The number of carbonyl (C=O) groups excluding carboxylic acids is 2. The standard InChI is InChI=1S/C22H28N4O3/c1-4-29-22(28)26-11-9-18(10-12-26)24-19-7-8-20(23-14-19)25-21(27)17-6-5-15(2)16(3)13-17/h5-8,13-14,18,24H,4,9-12H2,1-3H3,(H,23,25,27). The second kappa shape index (κ2) is 9.41. The molecule has 7 nitrogen and oxygen atoms in total. The molecule has 0 atom stereocenters. The Labute approximate surface area is 171 Å². The van der Waals surface area contributed by atoms with Crippen LogP contribution in [0.25, 0.3) is 0 Å². The molecule has 0 unspecified atom stereocenters. The van der Waals surface area contributed by atoms with E-state index in [1.54, 1.807) is 17.2 Å². The maximum Gasteiger partial charge on any atom is 0.409 e. The molecule has 1 saturated heterocycles. The number of nitrogens with zero attached hydrogens (tertiary/aromatic N) is 2. The predicted octanol–water partition coefficient (Wildman–Crippen LogP) is 3.98. The zero-order valence-electron chi connectivity index (χ0n) is 17.2. The molecule has 0 spiro atoms. The van der Waals surface area contributed by atoms with Crippen LogP contribution in [0.3, 0.4) is 0 Å². The summed E-state index contributed by atoms with van der Waals surface area (Å²) in [5.74, 6) is 0.337. The first-order valence-corrected chi connectivity index (χ1v) is 9.99. The molecule has 2 amide bonds. The number of pyridine rings is 1.